The first-order valence-corrected chi connectivity index (χ1v) is 9.06. The van der Waals surface area contributed by atoms with Gasteiger partial charge >= 0.3 is 6.03 Å². The Balaban J connectivity index is 1.50. The molecular formula is C20H18F2N4O3. The number of nitrogens with one attached hydrogen (secondary N) is 1. The van der Waals surface area contributed by atoms with E-state index in [1.165, 1.54) is 6.07 Å². The standard InChI is InChI=1S/C20H18F2N4O3/c1-28-14-7-5-13(6-8-14)23-20(27)26-10-2-3-17(26)19-24-18(25-29-19)15-9-4-12(21)11-16(15)22/h4-9,11,17H,2-3,10H2,1H3,(H,23,27). The Labute approximate surface area is 165 Å². The second kappa shape index (κ2) is 7.86. The van der Waals surface area contributed by atoms with Crippen LogP contribution in [0, 0.1) is 11.6 Å². The molecule has 2 heterocycles. The van der Waals surface area contributed by atoms with E-state index >= 15 is 0 Å². The van der Waals surface area contributed by atoms with E-state index in [9.17, 15) is 13.6 Å². The van der Waals surface area contributed by atoms with Crippen LogP contribution in [0.1, 0.15) is 24.8 Å². The van der Waals surface area contributed by atoms with E-state index in [4.69, 9.17) is 9.26 Å². The van der Waals surface area contributed by atoms with Crippen molar-refractivity contribution in [3.63, 3.8) is 0 Å². The maximum absolute atomic E-state index is 14.0. The van der Waals surface area contributed by atoms with E-state index < -0.39 is 17.7 Å². The van der Waals surface area contributed by atoms with Gasteiger partial charge in [-0.05, 0) is 49.2 Å². The number of anilines is 1. The first-order valence-electron chi connectivity index (χ1n) is 9.06. The zero-order valence-corrected chi connectivity index (χ0v) is 15.6. The quantitative estimate of drug-likeness (QED) is 0.702. The molecule has 1 aliphatic heterocycles. The van der Waals surface area contributed by atoms with Crippen molar-refractivity contribution in [3.8, 4) is 17.1 Å². The van der Waals surface area contributed by atoms with Crippen molar-refractivity contribution >= 4 is 11.7 Å². The Bertz CT molecular complexity index is 1020. The molecule has 2 amide bonds. The number of hydrogen-bond donors (Lipinski definition) is 1. The van der Waals surface area contributed by atoms with Crippen molar-refractivity contribution in [3.05, 3.63) is 60.0 Å². The van der Waals surface area contributed by atoms with Gasteiger partial charge in [0.25, 0.3) is 0 Å². The van der Waals surface area contributed by atoms with Crippen LogP contribution in [-0.4, -0.2) is 34.7 Å². The molecule has 0 spiro atoms. The van der Waals surface area contributed by atoms with E-state index in [0.29, 0.717) is 24.4 Å². The van der Waals surface area contributed by atoms with Crippen molar-refractivity contribution in [2.45, 2.75) is 18.9 Å². The third-order valence-corrected chi connectivity index (χ3v) is 4.75. The fourth-order valence-electron chi connectivity index (χ4n) is 3.29. The Kier molecular flexibility index (Phi) is 5.11. The molecule has 1 N–H and O–H groups in total. The van der Waals surface area contributed by atoms with Crippen LogP contribution in [0.3, 0.4) is 0 Å². The lowest BCUT2D eigenvalue weighted by Gasteiger charge is -2.22. The van der Waals surface area contributed by atoms with Crippen LogP contribution in [0.25, 0.3) is 11.4 Å². The second-order valence-corrected chi connectivity index (χ2v) is 6.59. The van der Waals surface area contributed by atoms with Crippen LogP contribution in [-0.2, 0) is 0 Å². The summed E-state index contributed by atoms with van der Waals surface area (Å²) in [4.78, 5) is 18.6. The number of hydrogen-bond acceptors (Lipinski definition) is 5. The zero-order valence-electron chi connectivity index (χ0n) is 15.6. The average molecular weight is 400 g/mol. The molecule has 0 aliphatic carbocycles. The number of ether oxygens (including phenoxy) is 1. The van der Waals surface area contributed by atoms with Gasteiger partial charge in [0, 0.05) is 18.3 Å². The lowest BCUT2D eigenvalue weighted by molar-refractivity contribution is 0.193. The second-order valence-electron chi connectivity index (χ2n) is 6.59. The summed E-state index contributed by atoms with van der Waals surface area (Å²) in [7, 11) is 1.57. The highest BCUT2D eigenvalue weighted by atomic mass is 19.1. The zero-order chi connectivity index (χ0) is 20.4. The Morgan fingerprint density at radius 2 is 2.03 bits per heavy atom. The molecule has 1 atom stereocenters. The topological polar surface area (TPSA) is 80.5 Å². The first-order chi connectivity index (χ1) is 14.0. The van der Waals surface area contributed by atoms with E-state index in [0.717, 1.165) is 18.6 Å². The fourth-order valence-corrected chi connectivity index (χ4v) is 3.29. The lowest BCUT2D eigenvalue weighted by atomic mass is 10.2. The van der Waals surface area contributed by atoms with Crippen LogP contribution in [0.5, 0.6) is 5.75 Å². The molecule has 29 heavy (non-hydrogen) atoms. The monoisotopic (exact) mass is 400 g/mol. The molecule has 3 aromatic rings. The van der Waals surface area contributed by atoms with Gasteiger partial charge in [-0.2, -0.15) is 4.98 Å². The highest BCUT2D eigenvalue weighted by molar-refractivity contribution is 5.89. The predicted octanol–water partition coefficient (Wildman–Crippen LogP) is 4.39. The van der Waals surface area contributed by atoms with Gasteiger partial charge in [0.05, 0.1) is 12.7 Å². The SMILES string of the molecule is COc1ccc(NC(=O)N2CCCC2c2nc(-c3ccc(F)cc3F)no2)cc1. The predicted molar refractivity (Wildman–Crippen MR) is 100 cm³/mol. The maximum Gasteiger partial charge on any atom is 0.322 e. The van der Waals surface area contributed by atoms with Gasteiger partial charge in [0.2, 0.25) is 11.7 Å². The summed E-state index contributed by atoms with van der Waals surface area (Å²) >= 11 is 0. The highest BCUT2D eigenvalue weighted by Crippen LogP contribution is 2.33. The van der Waals surface area contributed by atoms with Crippen LogP contribution < -0.4 is 10.1 Å². The average Bonchev–Trinajstić information content (AvgIpc) is 3.38. The van der Waals surface area contributed by atoms with E-state index in [2.05, 4.69) is 15.5 Å². The maximum atomic E-state index is 14.0. The van der Waals surface area contributed by atoms with Gasteiger partial charge in [-0.1, -0.05) is 5.16 Å². The van der Waals surface area contributed by atoms with Crippen molar-refractivity contribution < 1.29 is 22.8 Å². The van der Waals surface area contributed by atoms with Gasteiger partial charge < -0.3 is 19.5 Å². The molecule has 9 heteroatoms. The first kappa shape index (κ1) is 18.9. The van der Waals surface area contributed by atoms with Crippen molar-refractivity contribution in [1.29, 1.82) is 0 Å². The van der Waals surface area contributed by atoms with Gasteiger partial charge in [0.15, 0.2) is 0 Å². The fraction of sp³-hybridized carbons (Fsp3) is 0.250. The normalized spacial score (nSPS) is 16.1. The highest BCUT2D eigenvalue weighted by Gasteiger charge is 2.34. The van der Waals surface area contributed by atoms with Crippen LogP contribution >= 0.6 is 0 Å². The number of rotatable bonds is 4. The van der Waals surface area contributed by atoms with Crippen LogP contribution in [0.4, 0.5) is 19.3 Å². The molecule has 1 saturated heterocycles. The summed E-state index contributed by atoms with van der Waals surface area (Å²) in [6.45, 7) is 0.523. The summed E-state index contributed by atoms with van der Waals surface area (Å²) in [5, 5.41) is 6.63. The summed E-state index contributed by atoms with van der Waals surface area (Å²) in [6, 6.07) is 9.39. The molecule has 0 radical (unpaired) electrons. The molecule has 0 bridgehead atoms. The number of nitrogens with zero attached hydrogens (tertiary/aromatic N) is 3. The van der Waals surface area contributed by atoms with Crippen molar-refractivity contribution in [1.82, 2.24) is 15.0 Å². The molecule has 4 rings (SSSR count). The van der Waals surface area contributed by atoms with Crippen molar-refractivity contribution in [2.75, 3.05) is 19.0 Å². The third kappa shape index (κ3) is 3.89. The van der Waals surface area contributed by atoms with Gasteiger partial charge in [0.1, 0.15) is 23.4 Å². The van der Waals surface area contributed by atoms with Gasteiger partial charge in [-0.25, -0.2) is 13.6 Å². The number of aromatic nitrogens is 2. The summed E-state index contributed by atoms with van der Waals surface area (Å²) < 4.78 is 37.5. The number of benzene rings is 2. The Hall–Kier alpha value is -3.49. The van der Waals surface area contributed by atoms with E-state index in [-0.39, 0.29) is 23.3 Å². The molecular weight excluding hydrogens is 382 g/mol. The summed E-state index contributed by atoms with van der Waals surface area (Å²) in [5.41, 5.74) is 0.662. The smallest absolute Gasteiger partial charge is 0.322 e. The van der Waals surface area contributed by atoms with Crippen LogP contribution in [0.15, 0.2) is 47.0 Å². The number of methoxy groups -OCH3 is 1. The van der Waals surface area contributed by atoms with Crippen LogP contribution in [0.2, 0.25) is 0 Å². The minimum atomic E-state index is -0.780. The number of carbonyl (C=O) groups excluding carboxylic acids is 1. The van der Waals surface area contributed by atoms with Gasteiger partial charge in [-0.3, -0.25) is 0 Å². The number of urea groups is 1. The number of amides is 2. The number of likely N-dealkylation sites (tertiary alicyclic amines) is 1. The summed E-state index contributed by atoms with van der Waals surface area (Å²) in [6.07, 6.45) is 1.41. The minimum Gasteiger partial charge on any atom is -0.497 e. The lowest BCUT2D eigenvalue weighted by Crippen LogP contribution is -2.34. The van der Waals surface area contributed by atoms with Crippen molar-refractivity contribution in [2.24, 2.45) is 0 Å². The molecule has 2 aromatic carbocycles. The Morgan fingerprint density at radius 1 is 1.24 bits per heavy atom. The number of carbonyl (C=O) groups is 1. The van der Waals surface area contributed by atoms with Gasteiger partial charge in [-0.15, -0.1) is 0 Å². The third-order valence-electron chi connectivity index (χ3n) is 4.75. The summed E-state index contributed by atoms with van der Waals surface area (Å²) in [5.74, 6) is -0.551. The van der Waals surface area contributed by atoms with E-state index in [1.807, 2.05) is 0 Å². The Morgan fingerprint density at radius 3 is 2.76 bits per heavy atom. The molecule has 150 valence electrons. The molecule has 1 aliphatic rings. The minimum absolute atomic E-state index is 0.0138. The molecule has 7 nitrogen and oxygen atoms in total. The molecule has 0 saturated carbocycles. The molecule has 1 unspecified atom stereocenters. The van der Waals surface area contributed by atoms with E-state index in [1.54, 1.807) is 36.3 Å². The molecule has 1 aromatic heterocycles. The largest absolute Gasteiger partial charge is 0.497 e. The number of halogens is 2. The molecule has 1 fully saturated rings.